The first kappa shape index (κ1) is 31.4. The minimum absolute atomic E-state index is 0.153. The standard InChI is InChI=1S/C25H27FN4O3S.C2HF3O2/c1-18-4-2-7-22(14-18)34(32,33)29-23-16-20(8-9-24(23)30-12-10-27-11-13-30)25(31)28-17-19-5-3-6-21(26)15-19;3-2(4,5)1(6)7/h2-9,14-16,27,29H,10-13,17H2,1H3,(H,28,31);(H,6,7). The molecular formula is C27H28F4N4O5S. The SMILES string of the molecule is Cc1cccc(S(=O)(=O)Nc2cc(C(=O)NCc3cccc(F)c3)ccc2N2CCNCC2)c1.O=C(O)C(F)(F)F. The molecule has 1 saturated heterocycles. The number of nitrogens with one attached hydrogen (secondary N) is 3. The van der Waals surface area contributed by atoms with Gasteiger partial charge in [-0.2, -0.15) is 13.2 Å². The quantitative estimate of drug-likeness (QED) is 0.305. The van der Waals surface area contributed by atoms with E-state index < -0.39 is 22.2 Å². The van der Waals surface area contributed by atoms with Crippen LogP contribution in [0, 0.1) is 12.7 Å². The molecule has 220 valence electrons. The summed E-state index contributed by atoms with van der Waals surface area (Å²) >= 11 is 0. The number of carboxylic acid groups (broad SMARTS) is 1. The van der Waals surface area contributed by atoms with Crippen molar-refractivity contribution in [3.8, 4) is 0 Å². The molecule has 3 aromatic rings. The average Bonchev–Trinajstić information content (AvgIpc) is 2.92. The zero-order chi connectivity index (χ0) is 30.2. The second-order valence-corrected chi connectivity index (χ2v) is 10.7. The Labute approximate surface area is 234 Å². The lowest BCUT2D eigenvalue weighted by atomic mass is 10.1. The Morgan fingerprint density at radius 2 is 1.66 bits per heavy atom. The Bertz CT molecular complexity index is 1490. The number of aliphatic carboxylic acids is 1. The molecule has 4 N–H and O–H groups in total. The number of anilines is 2. The fourth-order valence-electron chi connectivity index (χ4n) is 3.86. The molecule has 3 aromatic carbocycles. The topological polar surface area (TPSA) is 128 Å². The van der Waals surface area contributed by atoms with Crippen molar-refractivity contribution in [2.24, 2.45) is 0 Å². The minimum Gasteiger partial charge on any atom is -0.475 e. The summed E-state index contributed by atoms with van der Waals surface area (Å²) in [5.41, 5.74) is 2.81. The number of nitrogens with zero attached hydrogens (tertiary/aromatic N) is 1. The van der Waals surface area contributed by atoms with Crippen molar-refractivity contribution >= 4 is 33.3 Å². The molecule has 9 nitrogen and oxygen atoms in total. The highest BCUT2D eigenvalue weighted by Crippen LogP contribution is 2.30. The highest BCUT2D eigenvalue weighted by atomic mass is 32.2. The van der Waals surface area contributed by atoms with Crippen LogP contribution in [0.2, 0.25) is 0 Å². The van der Waals surface area contributed by atoms with E-state index in [0.29, 0.717) is 35.6 Å². The van der Waals surface area contributed by atoms with Crippen LogP contribution in [0.4, 0.5) is 28.9 Å². The zero-order valence-electron chi connectivity index (χ0n) is 21.8. The first-order valence-corrected chi connectivity index (χ1v) is 13.8. The van der Waals surface area contributed by atoms with E-state index in [1.165, 1.54) is 18.2 Å². The molecule has 0 aliphatic carbocycles. The van der Waals surface area contributed by atoms with Gasteiger partial charge in [0.15, 0.2) is 0 Å². The summed E-state index contributed by atoms with van der Waals surface area (Å²) in [6.07, 6.45) is -5.08. The van der Waals surface area contributed by atoms with Crippen LogP contribution in [0.1, 0.15) is 21.5 Å². The number of piperazine rings is 1. The minimum atomic E-state index is -5.08. The molecule has 14 heteroatoms. The number of carbonyl (C=O) groups is 2. The summed E-state index contributed by atoms with van der Waals surface area (Å²) in [5.74, 6) is -3.51. The molecule has 0 unspecified atom stereocenters. The van der Waals surface area contributed by atoms with Gasteiger partial charge in [-0.15, -0.1) is 0 Å². The largest absolute Gasteiger partial charge is 0.490 e. The second-order valence-electron chi connectivity index (χ2n) is 9.01. The van der Waals surface area contributed by atoms with Crippen LogP contribution in [-0.4, -0.2) is 57.8 Å². The predicted octanol–water partition coefficient (Wildman–Crippen LogP) is 3.91. The van der Waals surface area contributed by atoms with E-state index in [-0.39, 0.29) is 23.2 Å². The molecule has 1 amide bonds. The lowest BCUT2D eigenvalue weighted by molar-refractivity contribution is -0.192. The Kier molecular flexibility index (Phi) is 10.3. The highest BCUT2D eigenvalue weighted by molar-refractivity contribution is 7.92. The van der Waals surface area contributed by atoms with Gasteiger partial charge in [-0.3, -0.25) is 9.52 Å². The third-order valence-corrected chi connectivity index (χ3v) is 7.21. The summed E-state index contributed by atoms with van der Waals surface area (Å²) in [7, 11) is -3.87. The number of sulfonamides is 1. The maximum absolute atomic E-state index is 13.4. The second kappa shape index (κ2) is 13.5. The Balaban J connectivity index is 0.000000587. The third kappa shape index (κ3) is 9.18. The number of hydrogen-bond acceptors (Lipinski definition) is 6. The van der Waals surface area contributed by atoms with Crippen molar-refractivity contribution in [1.29, 1.82) is 0 Å². The summed E-state index contributed by atoms with van der Waals surface area (Å²) < 4.78 is 74.1. The normalized spacial score (nSPS) is 13.5. The number of aryl methyl sites for hydroxylation is 1. The Hall–Kier alpha value is -4.17. The molecule has 41 heavy (non-hydrogen) atoms. The van der Waals surface area contributed by atoms with Crippen LogP contribution in [0.3, 0.4) is 0 Å². The maximum Gasteiger partial charge on any atom is 0.490 e. The number of halogens is 4. The van der Waals surface area contributed by atoms with Crippen molar-refractivity contribution in [2.45, 2.75) is 24.5 Å². The van der Waals surface area contributed by atoms with Crippen LogP contribution >= 0.6 is 0 Å². The Morgan fingerprint density at radius 1 is 1.00 bits per heavy atom. The van der Waals surface area contributed by atoms with Gasteiger partial charge < -0.3 is 20.6 Å². The van der Waals surface area contributed by atoms with E-state index in [4.69, 9.17) is 9.90 Å². The summed E-state index contributed by atoms with van der Waals surface area (Å²) in [5, 5.41) is 13.2. The van der Waals surface area contributed by atoms with Crippen molar-refractivity contribution in [3.63, 3.8) is 0 Å². The van der Waals surface area contributed by atoms with Gasteiger partial charge in [0.05, 0.1) is 16.3 Å². The van der Waals surface area contributed by atoms with Gasteiger partial charge in [-0.05, 0) is 60.5 Å². The third-order valence-electron chi connectivity index (χ3n) is 5.85. The zero-order valence-corrected chi connectivity index (χ0v) is 22.7. The summed E-state index contributed by atoms with van der Waals surface area (Å²) in [6, 6.07) is 17.6. The molecule has 0 spiro atoms. The molecular weight excluding hydrogens is 568 g/mol. The molecule has 1 fully saturated rings. The van der Waals surface area contributed by atoms with Crippen LogP contribution < -0.4 is 20.3 Å². The van der Waals surface area contributed by atoms with Crippen molar-refractivity contribution < 1.29 is 40.7 Å². The highest BCUT2D eigenvalue weighted by Gasteiger charge is 2.38. The molecule has 0 saturated carbocycles. The molecule has 1 heterocycles. The molecule has 0 bridgehead atoms. The maximum atomic E-state index is 13.4. The van der Waals surface area contributed by atoms with Gasteiger partial charge >= 0.3 is 12.1 Å². The molecule has 1 aliphatic rings. The van der Waals surface area contributed by atoms with Gasteiger partial charge in [-0.1, -0.05) is 24.3 Å². The van der Waals surface area contributed by atoms with Crippen molar-refractivity contribution in [1.82, 2.24) is 10.6 Å². The van der Waals surface area contributed by atoms with Gasteiger partial charge in [0, 0.05) is 38.3 Å². The van der Waals surface area contributed by atoms with Crippen LogP contribution in [-0.2, 0) is 21.4 Å². The monoisotopic (exact) mass is 596 g/mol. The Morgan fingerprint density at radius 3 is 2.27 bits per heavy atom. The first-order chi connectivity index (χ1) is 19.3. The predicted molar refractivity (Wildman–Crippen MR) is 145 cm³/mol. The van der Waals surface area contributed by atoms with Gasteiger partial charge in [0.2, 0.25) is 0 Å². The van der Waals surface area contributed by atoms with Gasteiger partial charge in [-0.25, -0.2) is 17.6 Å². The molecule has 1 aliphatic heterocycles. The first-order valence-electron chi connectivity index (χ1n) is 12.3. The van der Waals surface area contributed by atoms with Crippen molar-refractivity contribution in [2.75, 3.05) is 35.8 Å². The van der Waals surface area contributed by atoms with E-state index in [0.717, 1.165) is 18.7 Å². The molecule has 0 radical (unpaired) electrons. The summed E-state index contributed by atoms with van der Waals surface area (Å²) in [6.45, 7) is 4.96. The average molecular weight is 597 g/mol. The van der Waals surface area contributed by atoms with Crippen molar-refractivity contribution in [3.05, 3.63) is 89.2 Å². The number of carboxylic acids is 1. The van der Waals surface area contributed by atoms with E-state index in [1.54, 1.807) is 42.5 Å². The number of benzene rings is 3. The summed E-state index contributed by atoms with van der Waals surface area (Å²) in [4.78, 5) is 23.9. The van der Waals surface area contributed by atoms with Gasteiger partial charge in [0.25, 0.3) is 15.9 Å². The molecule has 0 aromatic heterocycles. The van der Waals surface area contributed by atoms with E-state index in [2.05, 4.69) is 20.3 Å². The van der Waals surface area contributed by atoms with Crippen LogP contribution in [0.25, 0.3) is 0 Å². The number of rotatable bonds is 7. The lowest BCUT2D eigenvalue weighted by Gasteiger charge is -2.31. The van der Waals surface area contributed by atoms with E-state index in [9.17, 15) is 30.8 Å². The smallest absolute Gasteiger partial charge is 0.475 e. The van der Waals surface area contributed by atoms with E-state index >= 15 is 0 Å². The number of amides is 1. The fraction of sp³-hybridized carbons (Fsp3) is 0.259. The fourth-order valence-corrected chi connectivity index (χ4v) is 5.03. The van der Waals surface area contributed by atoms with Crippen LogP contribution in [0.15, 0.2) is 71.6 Å². The number of alkyl halides is 3. The lowest BCUT2D eigenvalue weighted by Crippen LogP contribution is -2.43. The number of hydrogen-bond donors (Lipinski definition) is 4. The van der Waals surface area contributed by atoms with Crippen LogP contribution in [0.5, 0.6) is 0 Å². The molecule has 4 rings (SSSR count). The number of carbonyl (C=O) groups excluding carboxylic acids is 1. The molecule has 0 atom stereocenters. The van der Waals surface area contributed by atoms with E-state index in [1.807, 2.05) is 13.0 Å². The van der Waals surface area contributed by atoms with Gasteiger partial charge in [0.1, 0.15) is 5.82 Å².